The first-order valence-corrected chi connectivity index (χ1v) is 11.1. The van der Waals surface area contributed by atoms with Gasteiger partial charge in [-0.3, -0.25) is 4.98 Å². The third-order valence-electron chi connectivity index (χ3n) is 4.99. The number of fused-ring (bicyclic) bond motifs is 1. The average Bonchev–Trinajstić information content (AvgIpc) is 3.26. The summed E-state index contributed by atoms with van der Waals surface area (Å²) in [5.74, 6) is 2.00. The molecule has 1 aromatic heterocycles. The van der Waals surface area contributed by atoms with Gasteiger partial charge in [-0.2, -0.15) is 0 Å². The fraction of sp³-hybridized carbons (Fsp3) is 0.286. The second kappa shape index (κ2) is 8.36. The molecular weight excluding hydrogens is 388 g/mol. The zero-order valence-electron chi connectivity index (χ0n) is 16.2. The second-order valence-electron chi connectivity index (χ2n) is 6.96. The first-order valence-electron chi connectivity index (χ1n) is 9.53. The van der Waals surface area contributed by atoms with Crippen LogP contribution in [0.4, 0.5) is 0 Å². The highest BCUT2D eigenvalue weighted by atomic mass is 32.2. The molecule has 0 bridgehead atoms. The van der Waals surface area contributed by atoms with Crippen molar-refractivity contribution in [3.8, 4) is 17.2 Å². The Balaban J connectivity index is 1.49. The van der Waals surface area contributed by atoms with Crippen LogP contribution in [0.25, 0.3) is 10.9 Å². The molecule has 0 aliphatic carbocycles. The molecule has 0 amide bonds. The van der Waals surface area contributed by atoms with Crippen LogP contribution in [0.2, 0.25) is 0 Å². The molecule has 4 rings (SSSR count). The zero-order chi connectivity index (χ0) is 20.3. The second-order valence-corrected chi connectivity index (χ2v) is 8.84. The molecule has 152 valence electrons. The molecular formula is C21H24N4O3S. The van der Waals surface area contributed by atoms with E-state index in [-0.39, 0.29) is 6.04 Å². The van der Waals surface area contributed by atoms with Gasteiger partial charge in [0.15, 0.2) is 0 Å². The maximum absolute atomic E-state index is 12.7. The molecule has 1 aliphatic rings. The van der Waals surface area contributed by atoms with Crippen molar-refractivity contribution in [1.29, 1.82) is 4.78 Å². The molecule has 2 heterocycles. The van der Waals surface area contributed by atoms with E-state index in [2.05, 4.69) is 15.0 Å². The minimum atomic E-state index is -3.05. The normalized spacial score (nSPS) is 18.4. The van der Waals surface area contributed by atoms with Crippen molar-refractivity contribution in [2.75, 3.05) is 20.2 Å². The summed E-state index contributed by atoms with van der Waals surface area (Å²) in [6.45, 7) is 1.50. The Kier molecular flexibility index (Phi) is 5.66. The summed E-state index contributed by atoms with van der Waals surface area (Å²) >= 11 is 0. The van der Waals surface area contributed by atoms with Crippen LogP contribution >= 0.6 is 0 Å². The molecule has 3 aromatic rings. The van der Waals surface area contributed by atoms with Crippen LogP contribution in [0.1, 0.15) is 12.8 Å². The van der Waals surface area contributed by atoms with Crippen LogP contribution in [0.3, 0.4) is 0 Å². The number of aromatic nitrogens is 1. The van der Waals surface area contributed by atoms with Gasteiger partial charge < -0.3 is 14.8 Å². The van der Waals surface area contributed by atoms with E-state index >= 15 is 0 Å². The van der Waals surface area contributed by atoms with Crippen molar-refractivity contribution in [3.63, 3.8) is 0 Å². The molecule has 1 aliphatic heterocycles. The van der Waals surface area contributed by atoms with E-state index in [9.17, 15) is 4.21 Å². The summed E-state index contributed by atoms with van der Waals surface area (Å²) in [5, 5.41) is 4.20. The Morgan fingerprint density at radius 2 is 2.00 bits per heavy atom. The predicted molar refractivity (Wildman–Crippen MR) is 113 cm³/mol. The molecule has 0 radical (unpaired) electrons. The maximum Gasteiger partial charge on any atom is 0.138 e. The molecule has 3 N–H and O–H groups in total. The highest BCUT2D eigenvalue weighted by Crippen LogP contribution is 2.31. The number of pyridine rings is 1. The predicted octanol–water partition coefficient (Wildman–Crippen LogP) is 3.70. The van der Waals surface area contributed by atoms with Gasteiger partial charge in [-0.1, -0.05) is 0 Å². The number of methoxy groups -OCH3 is 1. The topological polar surface area (TPSA) is 96.3 Å². The minimum Gasteiger partial charge on any atom is -0.497 e. The van der Waals surface area contributed by atoms with E-state index < -0.39 is 9.92 Å². The van der Waals surface area contributed by atoms with Gasteiger partial charge in [0.1, 0.15) is 27.2 Å². The Labute approximate surface area is 170 Å². The van der Waals surface area contributed by atoms with Crippen molar-refractivity contribution in [1.82, 2.24) is 15.0 Å². The van der Waals surface area contributed by atoms with Gasteiger partial charge >= 0.3 is 0 Å². The van der Waals surface area contributed by atoms with Crippen molar-refractivity contribution in [2.45, 2.75) is 23.8 Å². The molecule has 2 atom stereocenters. The van der Waals surface area contributed by atoms with Crippen molar-refractivity contribution in [2.24, 2.45) is 0 Å². The lowest BCUT2D eigenvalue weighted by atomic mass is 10.2. The maximum atomic E-state index is 12.7. The SMILES string of the molecule is COc1ccc2c(Oc3ccc(S(=N)(=O)NC[C@H]4CCCN4)cc3)ccnc2c1. The van der Waals surface area contributed by atoms with Crippen LogP contribution in [-0.2, 0) is 9.92 Å². The van der Waals surface area contributed by atoms with Gasteiger partial charge in [0, 0.05) is 30.2 Å². The van der Waals surface area contributed by atoms with E-state index in [0.29, 0.717) is 22.9 Å². The third-order valence-corrected chi connectivity index (χ3v) is 6.50. The molecule has 7 nitrogen and oxygen atoms in total. The van der Waals surface area contributed by atoms with Crippen molar-refractivity contribution < 1.29 is 13.7 Å². The fourth-order valence-corrected chi connectivity index (χ4v) is 4.50. The number of ether oxygens (including phenoxy) is 2. The summed E-state index contributed by atoms with van der Waals surface area (Å²) in [4.78, 5) is 4.79. The van der Waals surface area contributed by atoms with Crippen molar-refractivity contribution >= 4 is 20.8 Å². The fourth-order valence-electron chi connectivity index (χ4n) is 3.38. The van der Waals surface area contributed by atoms with E-state index in [1.165, 1.54) is 0 Å². The monoisotopic (exact) mass is 412 g/mol. The quantitative estimate of drug-likeness (QED) is 0.550. The molecule has 0 saturated carbocycles. The molecule has 2 aromatic carbocycles. The summed E-state index contributed by atoms with van der Waals surface area (Å²) in [6.07, 6.45) is 3.85. The van der Waals surface area contributed by atoms with E-state index in [1.807, 2.05) is 18.2 Å². The smallest absolute Gasteiger partial charge is 0.138 e. The first kappa shape index (κ1) is 19.6. The lowest BCUT2D eigenvalue weighted by Crippen LogP contribution is -2.36. The van der Waals surface area contributed by atoms with Gasteiger partial charge in [-0.05, 0) is 61.9 Å². The summed E-state index contributed by atoms with van der Waals surface area (Å²) in [6, 6.07) is 14.5. The van der Waals surface area contributed by atoms with Crippen LogP contribution in [-0.4, -0.2) is 35.4 Å². The summed E-state index contributed by atoms with van der Waals surface area (Å²) < 4.78 is 35.1. The molecule has 1 unspecified atom stereocenters. The van der Waals surface area contributed by atoms with Gasteiger partial charge in [-0.25, -0.2) is 13.7 Å². The van der Waals surface area contributed by atoms with Crippen molar-refractivity contribution in [3.05, 3.63) is 54.7 Å². The van der Waals surface area contributed by atoms with Gasteiger partial charge in [0.05, 0.1) is 17.5 Å². The minimum absolute atomic E-state index is 0.280. The number of nitrogens with zero attached hydrogens (tertiary/aromatic N) is 1. The number of hydrogen-bond donors (Lipinski definition) is 3. The number of hydrogen-bond acceptors (Lipinski definition) is 6. The standard InChI is InChI=1S/C21H24N4O3S/c1-27-17-6-9-19-20(13-17)24-12-10-21(19)28-16-4-7-18(8-5-16)29(22,26)25-14-15-3-2-11-23-15/h4-10,12-13,15,23H,2-3,11,14H2,1H3,(H2,22,25,26)/t15-,29?/m1/s1. The van der Waals surface area contributed by atoms with Gasteiger partial charge in [-0.15, -0.1) is 0 Å². The Morgan fingerprint density at radius 3 is 2.72 bits per heavy atom. The summed E-state index contributed by atoms with van der Waals surface area (Å²) in [7, 11) is -1.43. The van der Waals surface area contributed by atoms with Crippen LogP contribution in [0.5, 0.6) is 17.2 Å². The molecule has 0 spiro atoms. The molecule has 1 saturated heterocycles. The molecule has 29 heavy (non-hydrogen) atoms. The van der Waals surface area contributed by atoms with Crippen LogP contribution in [0, 0.1) is 4.78 Å². The third kappa shape index (κ3) is 4.50. The molecule has 1 fully saturated rings. The molecule has 8 heteroatoms. The van der Waals surface area contributed by atoms with Crippen LogP contribution in [0.15, 0.2) is 59.6 Å². The average molecular weight is 413 g/mol. The van der Waals surface area contributed by atoms with E-state index in [1.54, 1.807) is 43.6 Å². The lowest BCUT2D eigenvalue weighted by molar-refractivity contribution is 0.415. The number of nitrogens with one attached hydrogen (secondary N) is 3. The zero-order valence-corrected chi connectivity index (χ0v) is 17.0. The number of benzene rings is 2. The van der Waals surface area contributed by atoms with E-state index in [0.717, 1.165) is 36.0 Å². The number of rotatable bonds is 7. The first-order chi connectivity index (χ1) is 14.0. The van der Waals surface area contributed by atoms with E-state index in [4.69, 9.17) is 14.3 Å². The Bertz CT molecular complexity index is 1090. The largest absolute Gasteiger partial charge is 0.497 e. The Hall–Kier alpha value is -2.68. The summed E-state index contributed by atoms with van der Waals surface area (Å²) in [5.41, 5.74) is 0.775. The van der Waals surface area contributed by atoms with Gasteiger partial charge in [0.2, 0.25) is 0 Å². The lowest BCUT2D eigenvalue weighted by Gasteiger charge is -2.15. The Morgan fingerprint density at radius 1 is 1.21 bits per heavy atom. The van der Waals surface area contributed by atoms with Gasteiger partial charge in [0.25, 0.3) is 0 Å². The highest BCUT2D eigenvalue weighted by molar-refractivity contribution is 7.90. The highest BCUT2D eigenvalue weighted by Gasteiger charge is 2.17. The van der Waals surface area contributed by atoms with Crippen LogP contribution < -0.4 is 19.5 Å².